The molecule has 0 aliphatic rings. The molecule has 0 radical (unpaired) electrons. The minimum atomic E-state index is -0.177. The van der Waals surface area contributed by atoms with Crippen LogP contribution in [0.5, 0.6) is 0 Å². The van der Waals surface area contributed by atoms with Crippen molar-refractivity contribution in [3.63, 3.8) is 0 Å². The molecular weight excluding hydrogens is 196 g/mol. The van der Waals surface area contributed by atoms with Crippen LogP contribution in [-0.2, 0) is 13.6 Å². The molecule has 2 aromatic rings. The van der Waals surface area contributed by atoms with Gasteiger partial charge in [0.2, 0.25) is 5.89 Å². The summed E-state index contributed by atoms with van der Waals surface area (Å²) in [5, 5.41) is 3.92. The fraction of sp³-hybridized carbons (Fsp3) is 0.444. The highest BCUT2D eigenvalue weighted by Gasteiger charge is 2.09. The van der Waals surface area contributed by atoms with Crippen LogP contribution in [0.3, 0.4) is 0 Å². The van der Waals surface area contributed by atoms with Crippen LogP contribution in [0, 0.1) is 13.8 Å². The first-order chi connectivity index (χ1) is 7.08. The van der Waals surface area contributed by atoms with Crippen molar-refractivity contribution in [3.8, 4) is 0 Å². The summed E-state index contributed by atoms with van der Waals surface area (Å²) in [6.07, 6.45) is 1.46. The molecule has 0 saturated carbocycles. The van der Waals surface area contributed by atoms with Crippen LogP contribution in [0.15, 0.2) is 15.5 Å². The molecule has 0 aromatic carbocycles. The Morgan fingerprint density at radius 1 is 1.47 bits per heavy atom. The minimum absolute atomic E-state index is 0.177. The van der Waals surface area contributed by atoms with E-state index in [0.29, 0.717) is 5.89 Å². The van der Waals surface area contributed by atoms with Crippen LogP contribution in [0.4, 0.5) is 0 Å². The molecule has 0 N–H and O–H groups in total. The van der Waals surface area contributed by atoms with Gasteiger partial charge in [0.05, 0.1) is 5.69 Å². The van der Waals surface area contributed by atoms with Crippen LogP contribution in [0.25, 0.3) is 0 Å². The largest absolute Gasteiger partial charge is 0.444 e. The highest BCUT2D eigenvalue weighted by atomic mass is 16.4. The zero-order chi connectivity index (χ0) is 11.0. The second kappa shape index (κ2) is 3.38. The van der Waals surface area contributed by atoms with E-state index in [9.17, 15) is 4.79 Å². The van der Waals surface area contributed by atoms with Gasteiger partial charge in [-0.1, -0.05) is 0 Å². The third-order valence-electron chi connectivity index (χ3n) is 2.24. The number of oxazole rings is 1. The number of aromatic nitrogens is 4. The SMILES string of the molecule is Cc1nc(Cn2ncn(C)c2=O)oc1C. The first kappa shape index (κ1) is 9.70. The second-order valence-corrected chi connectivity index (χ2v) is 3.43. The van der Waals surface area contributed by atoms with Crippen molar-refractivity contribution in [1.82, 2.24) is 19.3 Å². The summed E-state index contributed by atoms with van der Waals surface area (Å²) in [7, 11) is 1.65. The fourth-order valence-electron chi connectivity index (χ4n) is 1.26. The average Bonchev–Trinajstić information content (AvgIpc) is 2.65. The van der Waals surface area contributed by atoms with Gasteiger partial charge in [-0.05, 0) is 13.8 Å². The number of hydrogen-bond donors (Lipinski definition) is 0. The van der Waals surface area contributed by atoms with Gasteiger partial charge in [0.15, 0.2) is 0 Å². The van der Waals surface area contributed by atoms with Crippen molar-refractivity contribution in [3.05, 3.63) is 34.2 Å². The molecule has 15 heavy (non-hydrogen) atoms. The molecule has 2 heterocycles. The van der Waals surface area contributed by atoms with E-state index in [1.807, 2.05) is 13.8 Å². The fourth-order valence-corrected chi connectivity index (χ4v) is 1.26. The van der Waals surface area contributed by atoms with E-state index in [4.69, 9.17) is 4.42 Å². The first-order valence-corrected chi connectivity index (χ1v) is 4.59. The number of aryl methyl sites for hydroxylation is 3. The Bertz CT molecular complexity index is 515. The second-order valence-electron chi connectivity index (χ2n) is 3.43. The lowest BCUT2D eigenvalue weighted by atomic mass is 10.4. The van der Waals surface area contributed by atoms with Gasteiger partial charge in [-0.3, -0.25) is 4.57 Å². The van der Waals surface area contributed by atoms with Gasteiger partial charge in [-0.15, -0.1) is 0 Å². The Morgan fingerprint density at radius 2 is 2.20 bits per heavy atom. The van der Waals surface area contributed by atoms with Gasteiger partial charge >= 0.3 is 5.69 Å². The van der Waals surface area contributed by atoms with Crippen molar-refractivity contribution in [2.45, 2.75) is 20.4 Å². The molecule has 80 valence electrons. The summed E-state index contributed by atoms with van der Waals surface area (Å²) in [6.45, 7) is 3.98. The summed E-state index contributed by atoms with van der Waals surface area (Å²) in [4.78, 5) is 15.6. The van der Waals surface area contributed by atoms with E-state index in [1.54, 1.807) is 7.05 Å². The van der Waals surface area contributed by atoms with Gasteiger partial charge in [-0.25, -0.2) is 14.5 Å². The number of nitrogens with zero attached hydrogens (tertiary/aromatic N) is 4. The van der Waals surface area contributed by atoms with Crippen LogP contribution in [0.2, 0.25) is 0 Å². The molecule has 0 spiro atoms. The highest BCUT2D eigenvalue weighted by Crippen LogP contribution is 2.08. The molecule has 0 aliphatic heterocycles. The Kier molecular flexibility index (Phi) is 2.18. The third-order valence-corrected chi connectivity index (χ3v) is 2.24. The van der Waals surface area contributed by atoms with Crippen LogP contribution >= 0.6 is 0 Å². The molecule has 0 atom stereocenters. The lowest BCUT2D eigenvalue weighted by Crippen LogP contribution is -2.23. The maximum absolute atomic E-state index is 11.5. The predicted molar refractivity (Wildman–Crippen MR) is 52.5 cm³/mol. The Labute approximate surface area is 86.2 Å². The van der Waals surface area contributed by atoms with Gasteiger partial charge in [0.25, 0.3) is 0 Å². The van der Waals surface area contributed by atoms with Crippen molar-refractivity contribution in [1.29, 1.82) is 0 Å². The summed E-state index contributed by atoms with van der Waals surface area (Å²) < 4.78 is 8.08. The predicted octanol–water partition coefficient (Wildman–Crippen LogP) is 0.235. The van der Waals surface area contributed by atoms with Gasteiger partial charge in [-0.2, -0.15) is 5.10 Å². The number of rotatable bonds is 2. The molecule has 0 aliphatic carbocycles. The van der Waals surface area contributed by atoms with Crippen LogP contribution in [-0.4, -0.2) is 19.3 Å². The molecule has 0 amide bonds. The smallest absolute Gasteiger partial charge is 0.345 e. The van der Waals surface area contributed by atoms with Gasteiger partial charge in [0.1, 0.15) is 18.6 Å². The van der Waals surface area contributed by atoms with E-state index in [2.05, 4.69) is 10.1 Å². The third kappa shape index (κ3) is 1.70. The molecule has 0 unspecified atom stereocenters. The normalized spacial score (nSPS) is 10.9. The highest BCUT2D eigenvalue weighted by molar-refractivity contribution is 5.05. The maximum Gasteiger partial charge on any atom is 0.345 e. The maximum atomic E-state index is 11.5. The van der Waals surface area contributed by atoms with Crippen LogP contribution < -0.4 is 5.69 Å². The topological polar surface area (TPSA) is 65.8 Å². The lowest BCUT2D eigenvalue weighted by molar-refractivity contribution is 0.441. The molecular formula is C9H12N4O2. The summed E-state index contributed by atoms with van der Waals surface area (Å²) in [5.41, 5.74) is 0.664. The molecule has 0 bridgehead atoms. The van der Waals surface area contributed by atoms with Crippen molar-refractivity contribution in [2.75, 3.05) is 0 Å². The van der Waals surface area contributed by atoms with E-state index in [1.165, 1.54) is 15.6 Å². The molecule has 0 saturated heterocycles. The standard InChI is InChI=1S/C9H12N4O2/c1-6-7(2)15-8(11-6)4-13-9(14)12(3)5-10-13/h5H,4H2,1-3H3. The van der Waals surface area contributed by atoms with Gasteiger partial charge < -0.3 is 4.42 Å². The molecule has 2 rings (SSSR count). The zero-order valence-corrected chi connectivity index (χ0v) is 8.89. The van der Waals surface area contributed by atoms with Crippen LogP contribution in [0.1, 0.15) is 17.3 Å². The minimum Gasteiger partial charge on any atom is -0.444 e. The Balaban J connectivity index is 2.29. The first-order valence-electron chi connectivity index (χ1n) is 4.59. The molecule has 2 aromatic heterocycles. The molecule has 6 heteroatoms. The van der Waals surface area contributed by atoms with Gasteiger partial charge in [0, 0.05) is 7.05 Å². The molecule has 6 nitrogen and oxygen atoms in total. The quantitative estimate of drug-likeness (QED) is 0.708. The average molecular weight is 208 g/mol. The zero-order valence-electron chi connectivity index (χ0n) is 8.89. The van der Waals surface area contributed by atoms with E-state index < -0.39 is 0 Å². The molecule has 0 fully saturated rings. The Hall–Kier alpha value is -1.85. The van der Waals surface area contributed by atoms with Crippen molar-refractivity contribution < 1.29 is 4.42 Å². The van der Waals surface area contributed by atoms with E-state index in [-0.39, 0.29) is 12.2 Å². The van der Waals surface area contributed by atoms with Crippen molar-refractivity contribution >= 4 is 0 Å². The monoisotopic (exact) mass is 208 g/mol. The summed E-state index contributed by atoms with van der Waals surface area (Å²) in [6, 6.07) is 0. The number of hydrogen-bond acceptors (Lipinski definition) is 4. The van der Waals surface area contributed by atoms with E-state index in [0.717, 1.165) is 11.5 Å². The van der Waals surface area contributed by atoms with E-state index >= 15 is 0 Å². The summed E-state index contributed by atoms with van der Waals surface area (Å²) >= 11 is 0. The lowest BCUT2D eigenvalue weighted by Gasteiger charge is -1.93. The summed E-state index contributed by atoms with van der Waals surface area (Å²) in [5.74, 6) is 1.28. The Morgan fingerprint density at radius 3 is 2.67 bits per heavy atom. The van der Waals surface area contributed by atoms with Crippen molar-refractivity contribution in [2.24, 2.45) is 7.05 Å².